The summed E-state index contributed by atoms with van der Waals surface area (Å²) in [5.74, 6) is 0.329. The Kier molecular flexibility index (Phi) is 4.31. The van der Waals surface area contributed by atoms with E-state index in [-0.39, 0.29) is 5.97 Å². The minimum atomic E-state index is -0.325. The van der Waals surface area contributed by atoms with E-state index in [1.54, 1.807) is 6.20 Å². The van der Waals surface area contributed by atoms with Gasteiger partial charge in [-0.1, -0.05) is 13.8 Å². The van der Waals surface area contributed by atoms with Crippen LogP contribution in [0.5, 0.6) is 0 Å². The van der Waals surface area contributed by atoms with E-state index < -0.39 is 0 Å². The predicted octanol–water partition coefficient (Wildman–Crippen LogP) is 3.56. The van der Waals surface area contributed by atoms with Crippen LogP contribution in [0.1, 0.15) is 55.5 Å². The summed E-state index contributed by atoms with van der Waals surface area (Å²) in [5, 5.41) is 3.43. The van der Waals surface area contributed by atoms with Crippen LogP contribution in [0, 0.1) is 12.3 Å². The first kappa shape index (κ1) is 14.8. The van der Waals surface area contributed by atoms with Crippen molar-refractivity contribution in [2.24, 2.45) is 5.41 Å². The fraction of sp³-hybridized carbons (Fsp3) is 0.625. The van der Waals surface area contributed by atoms with E-state index in [9.17, 15) is 4.79 Å². The summed E-state index contributed by atoms with van der Waals surface area (Å²) >= 11 is 0. The molecule has 110 valence electrons. The first-order valence-electron chi connectivity index (χ1n) is 7.23. The molecular weight excluding hydrogens is 252 g/mol. The Labute approximate surface area is 120 Å². The highest BCUT2D eigenvalue weighted by atomic mass is 16.5. The molecule has 1 fully saturated rings. The van der Waals surface area contributed by atoms with Crippen molar-refractivity contribution in [1.82, 2.24) is 4.98 Å². The van der Waals surface area contributed by atoms with Crippen LogP contribution >= 0.6 is 0 Å². The topological polar surface area (TPSA) is 51.2 Å². The van der Waals surface area contributed by atoms with Crippen LogP contribution in [-0.4, -0.2) is 24.1 Å². The number of hydrogen-bond donors (Lipinski definition) is 1. The number of methoxy groups -OCH3 is 1. The molecule has 0 amide bonds. The van der Waals surface area contributed by atoms with Gasteiger partial charge in [-0.05, 0) is 49.7 Å². The van der Waals surface area contributed by atoms with Crippen LogP contribution in [-0.2, 0) is 4.74 Å². The Morgan fingerprint density at radius 3 is 2.65 bits per heavy atom. The molecule has 1 N–H and O–H groups in total. The zero-order valence-corrected chi connectivity index (χ0v) is 12.8. The molecule has 0 bridgehead atoms. The largest absolute Gasteiger partial charge is 0.465 e. The molecule has 20 heavy (non-hydrogen) atoms. The minimum absolute atomic E-state index is 0.325. The second-order valence-corrected chi connectivity index (χ2v) is 6.43. The van der Waals surface area contributed by atoms with Gasteiger partial charge in [-0.15, -0.1) is 0 Å². The first-order chi connectivity index (χ1) is 9.43. The fourth-order valence-electron chi connectivity index (χ4n) is 2.76. The number of carbonyl (C=O) groups is 1. The molecule has 0 spiro atoms. The van der Waals surface area contributed by atoms with Crippen LogP contribution < -0.4 is 5.32 Å². The summed E-state index contributed by atoms with van der Waals surface area (Å²) in [6, 6.07) is 2.22. The Morgan fingerprint density at radius 2 is 2.05 bits per heavy atom. The number of carbonyl (C=O) groups excluding carboxylic acids is 1. The molecule has 0 saturated heterocycles. The smallest absolute Gasteiger partial charge is 0.341 e. The van der Waals surface area contributed by atoms with Gasteiger partial charge in [0.05, 0.1) is 7.11 Å². The van der Waals surface area contributed by atoms with Crippen LogP contribution in [0.3, 0.4) is 0 Å². The van der Waals surface area contributed by atoms with Crippen molar-refractivity contribution in [3.63, 3.8) is 0 Å². The van der Waals surface area contributed by atoms with E-state index in [4.69, 9.17) is 4.74 Å². The number of anilines is 1. The normalized spacial score (nSPS) is 18.6. The highest BCUT2D eigenvalue weighted by Gasteiger charge is 2.28. The van der Waals surface area contributed by atoms with E-state index in [1.165, 1.54) is 20.0 Å². The molecule has 1 aliphatic rings. The monoisotopic (exact) mass is 276 g/mol. The van der Waals surface area contributed by atoms with Gasteiger partial charge in [0.1, 0.15) is 11.4 Å². The second kappa shape index (κ2) is 5.81. The van der Waals surface area contributed by atoms with Crippen molar-refractivity contribution < 1.29 is 9.53 Å². The standard InChI is InChI=1S/C16H24N2O2/c1-11-7-10-17-14(13(11)15(19)20-4)18-12-5-8-16(2,3)9-6-12/h7,10,12H,5-6,8-9H2,1-4H3,(H,17,18). The van der Waals surface area contributed by atoms with Gasteiger partial charge in [0, 0.05) is 12.2 Å². The van der Waals surface area contributed by atoms with E-state index in [0.29, 0.717) is 22.8 Å². The molecule has 0 aromatic carbocycles. The average Bonchev–Trinajstić information content (AvgIpc) is 2.41. The minimum Gasteiger partial charge on any atom is -0.465 e. The van der Waals surface area contributed by atoms with Crippen LogP contribution in [0.2, 0.25) is 0 Å². The summed E-state index contributed by atoms with van der Waals surface area (Å²) in [6.07, 6.45) is 6.36. The lowest BCUT2D eigenvalue weighted by Crippen LogP contribution is -2.31. The molecule has 0 radical (unpaired) electrons. The zero-order chi connectivity index (χ0) is 14.8. The molecule has 1 saturated carbocycles. The summed E-state index contributed by atoms with van der Waals surface area (Å²) in [6.45, 7) is 6.53. The number of aryl methyl sites for hydroxylation is 1. The van der Waals surface area contributed by atoms with Gasteiger partial charge in [0.2, 0.25) is 0 Å². The van der Waals surface area contributed by atoms with Gasteiger partial charge >= 0.3 is 5.97 Å². The number of pyridine rings is 1. The molecule has 0 atom stereocenters. The van der Waals surface area contributed by atoms with E-state index in [2.05, 4.69) is 24.1 Å². The average molecular weight is 276 g/mol. The van der Waals surface area contributed by atoms with Crippen molar-refractivity contribution in [1.29, 1.82) is 0 Å². The third-order valence-electron chi connectivity index (χ3n) is 4.23. The molecular formula is C16H24N2O2. The SMILES string of the molecule is COC(=O)c1c(C)ccnc1NC1CCC(C)(C)CC1. The Morgan fingerprint density at radius 1 is 1.40 bits per heavy atom. The number of nitrogens with zero attached hydrogens (tertiary/aromatic N) is 1. The maximum atomic E-state index is 11.9. The lowest BCUT2D eigenvalue weighted by atomic mass is 9.75. The molecule has 0 unspecified atom stereocenters. The molecule has 1 heterocycles. The lowest BCUT2D eigenvalue weighted by molar-refractivity contribution is 0.0600. The summed E-state index contributed by atoms with van der Waals surface area (Å²) in [7, 11) is 1.40. The van der Waals surface area contributed by atoms with E-state index >= 15 is 0 Å². The number of nitrogens with one attached hydrogen (secondary N) is 1. The molecule has 4 heteroatoms. The van der Waals surface area contributed by atoms with E-state index in [1.807, 2.05) is 13.0 Å². The van der Waals surface area contributed by atoms with E-state index in [0.717, 1.165) is 18.4 Å². The number of ether oxygens (including phenoxy) is 1. The highest BCUT2D eigenvalue weighted by Crippen LogP contribution is 2.36. The third kappa shape index (κ3) is 3.30. The summed E-state index contributed by atoms with van der Waals surface area (Å²) in [5.41, 5.74) is 1.88. The first-order valence-corrected chi connectivity index (χ1v) is 7.23. The Balaban J connectivity index is 2.14. The zero-order valence-electron chi connectivity index (χ0n) is 12.8. The van der Waals surface area contributed by atoms with Gasteiger partial charge in [0.15, 0.2) is 0 Å². The van der Waals surface area contributed by atoms with Crippen LogP contribution in [0.25, 0.3) is 0 Å². The van der Waals surface area contributed by atoms with Gasteiger partial charge in [-0.2, -0.15) is 0 Å². The third-order valence-corrected chi connectivity index (χ3v) is 4.23. The van der Waals surface area contributed by atoms with Gasteiger partial charge in [-0.3, -0.25) is 0 Å². The Bertz CT molecular complexity index is 487. The highest BCUT2D eigenvalue weighted by molar-refractivity contribution is 5.96. The molecule has 1 aromatic heterocycles. The van der Waals surface area contributed by atoms with Gasteiger partial charge in [-0.25, -0.2) is 9.78 Å². The number of aromatic nitrogens is 1. The summed E-state index contributed by atoms with van der Waals surface area (Å²) in [4.78, 5) is 16.2. The lowest BCUT2D eigenvalue weighted by Gasteiger charge is -2.35. The second-order valence-electron chi connectivity index (χ2n) is 6.43. The molecule has 1 aliphatic carbocycles. The maximum absolute atomic E-state index is 11.9. The summed E-state index contributed by atoms with van der Waals surface area (Å²) < 4.78 is 4.86. The van der Waals surface area contributed by atoms with Gasteiger partial charge in [0.25, 0.3) is 0 Å². The van der Waals surface area contributed by atoms with Crippen LogP contribution in [0.4, 0.5) is 5.82 Å². The van der Waals surface area contributed by atoms with Crippen LogP contribution in [0.15, 0.2) is 12.3 Å². The number of hydrogen-bond acceptors (Lipinski definition) is 4. The predicted molar refractivity (Wildman–Crippen MR) is 80.0 cm³/mol. The number of rotatable bonds is 3. The quantitative estimate of drug-likeness (QED) is 0.858. The Hall–Kier alpha value is -1.58. The molecule has 0 aliphatic heterocycles. The van der Waals surface area contributed by atoms with Gasteiger partial charge < -0.3 is 10.1 Å². The van der Waals surface area contributed by atoms with Crippen molar-refractivity contribution >= 4 is 11.8 Å². The fourth-order valence-corrected chi connectivity index (χ4v) is 2.76. The molecule has 2 rings (SSSR count). The van der Waals surface area contributed by atoms with Crippen molar-refractivity contribution in [3.8, 4) is 0 Å². The van der Waals surface area contributed by atoms with Crippen molar-refractivity contribution in [2.75, 3.05) is 12.4 Å². The maximum Gasteiger partial charge on any atom is 0.341 e. The van der Waals surface area contributed by atoms with Crippen molar-refractivity contribution in [3.05, 3.63) is 23.4 Å². The molecule has 1 aromatic rings. The van der Waals surface area contributed by atoms with Crippen molar-refractivity contribution in [2.45, 2.75) is 52.5 Å². The number of esters is 1. The molecule has 4 nitrogen and oxygen atoms in total.